The van der Waals surface area contributed by atoms with Crippen molar-refractivity contribution in [2.24, 2.45) is 0 Å². The lowest BCUT2D eigenvalue weighted by atomic mass is 9.96. The molecule has 178 valence electrons. The average Bonchev–Trinajstić information content (AvgIpc) is 3.43. The molecule has 5 rings (SSSR count). The van der Waals surface area contributed by atoms with Crippen molar-refractivity contribution in [1.82, 2.24) is 15.1 Å². The molecule has 0 spiro atoms. The van der Waals surface area contributed by atoms with E-state index in [2.05, 4.69) is 29.3 Å². The summed E-state index contributed by atoms with van der Waals surface area (Å²) in [7, 11) is 0. The van der Waals surface area contributed by atoms with Gasteiger partial charge in [-0.2, -0.15) is 5.10 Å². The lowest BCUT2D eigenvalue weighted by Gasteiger charge is -2.26. The van der Waals surface area contributed by atoms with Gasteiger partial charge in [0.2, 0.25) is 0 Å². The molecule has 0 radical (unpaired) electrons. The molecule has 2 heterocycles. The number of carbonyl (C=O) groups excluding carboxylic acids is 1. The van der Waals surface area contributed by atoms with Gasteiger partial charge in [0.1, 0.15) is 11.4 Å². The summed E-state index contributed by atoms with van der Waals surface area (Å²) in [5.41, 5.74) is 5.27. The van der Waals surface area contributed by atoms with Crippen LogP contribution in [0.1, 0.15) is 59.4 Å². The van der Waals surface area contributed by atoms with Crippen LogP contribution in [0.15, 0.2) is 78.9 Å². The monoisotopic (exact) mass is 485 g/mol. The summed E-state index contributed by atoms with van der Waals surface area (Å²) in [4.78, 5) is 15.5. The molecule has 5 nitrogen and oxygen atoms in total. The number of rotatable bonds is 9. The van der Waals surface area contributed by atoms with Crippen molar-refractivity contribution in [3.05, 3.63) is 106 Å². The second-order valence-electron chi connectivity index (χ2n) is 8.81. The standard InChI is InChI=1S/C29H28ClN3O2/c1-2-3-7-18-35-24-16-12-22(13-17-24)28-25-26(21-8-5-4-6-9-21)31-32-27(25)29(34)33(28)19-20-10-14-23(30)15-11-20/h4-6,8-17,28H,2-3,7,18-19H2,1H3,(H,31,32). The van der Waals surface area contributed by atoms with Gasteiger partial charge in [-0.3, -0.25) is 9.89 Å². The Morgan fingerprint density at radius 2 is 1.71 bits per heavy atom. The Bertz CT molecular complexity index is 1280. The topological polar surface area (TPSA) is 58.2 Å². The Balaban J connectivity index is 1.50. The molecule has 0 bridgehead atoms. The Hall–Kier alpha value is -3.57. The summed E-state index contributed by atoms with van der Waals surface area (Å²) in [5.74, 6) is 0.781. The van der Waals surface area contributed by atoms with Gasteiger partial charge in [0.25, 0.3) is 5.91 Å². The number of halogens is 1. The highest BCUT2D eigenvalue weighted by Crippen LogP contribution is 2.43. The number of nitrogens with one attached hydrogen (secondary N) is 1. The smallest absolute Gasteiger partial charge is 0.273 e. The van der Waals surface area contributed by atoms with E-state index >= 15 is 0 Å². The predicted octanol–water partition coefficient (Wildman–Crippen LogP) is 7.04. The van der Waals surface area contributed by atoms with Crippen LogP contribution in [0.25, 0.3) is 11.3 Å². The lowest BCUT2D eigenvalue weighted by molar-refractivity contribution is 0.0730. The van der Waals surface area contributed by atoms with Crippen LogP contribution in [-0.4, -0.2) is 27.6 Å². The van der Waals surface area contributed by atoms with Gasteiger partial charge < -0.3 is 9.64 Å². The molecule has 0 saturated carbocycles. The van der Waals surface area contributed by atoms with Crippen LogP contribution in [0.3, 0.4) is 0 Å². The Morgan fingerprint density at radius 3 is 2.43 bits per heavy atom. The van der Waals surface area contributed by atoms with Crippen molar-refractivity contribution in [2.75, 3.05) is 6.61 Å². The number of nitrogens with zero attached hydrogens (tertiary/aromatic N) is 2. The van der Waals surface area contributed by atoms with E-state index < -0.39 is 0 Å². The van der Waals surface area contributed by atoms with Crippen LogP contribution < -0.4 is 4.74 Å². The number of benzene rings is 3. The van der Waals surface area contributed by atoms with Gasteiger partial charge in [-0.1, -0.05) is 86.0 Å². The molecule has 1 aromatic heterocycles. The first kappa shape index (κ1) is 23.2. The second kappa shape index (κ2) is 10.4. The van der Waals surface area contributed by atoms with E-state index in [0.29, 0.717) is 23.9 Å². The van der Waals surface area contributed by atoms with E-state index in [1.807, 2.05) is 71.6 Å². The lowest BCUT2D eigenvalue weighted by Crippen LogP contribution is -2.29. The normalized spacial score (nSPS) is 14.9. The summed E-state index contributed by atoms with van der Waals surface area (Å²) in [6, 6.07) is 25.4. The third kappa shape index (κ3) is 4.82. The molecule has 1 amide bonds. The minimum atomic E-state index is -0.267. The van der Waals surface area contributed by atoms with Gasteiger partial charge in [0.05, 0.1) is 18.3 Å². The fraction of sp³-hybridized carbons (Fsp3) is 0.241. The van der Waals surface area contributed by atoms with Crippen molar-refractivity contribution in [3.8, 4) is 17.0 Å². The minimum Gasteiger partial charge on any atom is -0.494 e. The number of amides is 1. The highest BCUT2D eigenvalue weighted by Gasteiger charge is 2.42. The van der Waals surface area contributed by atoms with Gasteiger partial charge in [0, 0.05) is 22.7 Å². The molecule has 1 atom stereocenters. The maximum absolute atomic E-state index is 13.6. The first-order chi connectivity index (χ1) is 17.2. The van der Waals surface area contributed by atoms with Crippen LogP contribution in [-0.2, 0) is 6.54 Å². The SMILES string of the molecule is CCCCCOc1ccc(C2c3c(-c4ccccc4)n[nH]c3C(=O)N2Cc2ccc(Cl)cc2)cc1. The zero-order chi connectivity index (χ0) is 24.2. The number of aromatic amines is 1. The first-order valence-electron chi connectivity index (χ1n) is 12.1. The second-order valence-corrected chi connectivity index (χ2v) is 9.25. The highest BCUT2D eigenvalue weighted by molar-refractivity contribution is 6.30. The highest BCUT2D eigenvalue weighted by atomic mass is 35.5. The summed E-state index contributed by atoms with van der Waals surface area (Å²) >= 11 is 6.09. The van der Waals surface area contributed by atoms with Crippen molar-refractivity contribution in [3.63, 3.8) is 0 Å². The zero-order valence-electron chi connectivity index (χ0n) is 19.7. The van der Waals surface area contributed by atoms with E-state index in [9.17, 15) is 4.79 Å². The third-order valence-corrected chi connectivity index (χ3v) is 6.64. The third-order valence-electron chi connectivity index (χ3n) is 6.39. The van der Waals surface area contributed by atoms with E-state index in [1.165, 1.54) is 0 Å². The number of ether oxygens (including phenoxy) is 1. The van der Waals surface area contributed by atoms with Crippen LogP contribution >= 0.6 is 11.6 Å². The van der Waals surface area contributed by atoms with Crippen LogP contribution in [0.4, 0.5) is 0 Å². The summed E-state index contributed by atoms with van der Waals surface area (Å²) in [6.45, 7) is 3.36. The van der Waals surface area contributed by atoms with E-state index in [1.54, 1.807) is 0 Å². The molecule has 1 N–H and O–H groups in total. The largest absolute Gasteiger partial charge is 0.494 e. The van der Waals surface area contributed by atoms with E-state index in [0.717, 1.165) is 53.0 Å². The van der Waals surface area contributed by atoms with Gasteiger partial charge in [-0.15, -0.1) is 0 Å². The van der Waals surface area contributed by atoms with Crippen molar-refractivity contribution in [1.29, 1.82) is 0 Å². The summed E-state index contributed by atoms with van der Waals surface area (Å²) < 4.78 is 5.92. The van der Waals surface area contributed by atoms with Gasteiger partial charge >= 0.3 is 0 Å². The molecular weight excluding hydrogens is 458 g/mol. The van der Waals surface area contributed by atoms with Gasteiger partial charge in [0.15, 0.2) is 0 Å². The Labute approximate surface area is 210 Å². The average molecular weight is 486 g/mol. The number of carbonyl (C=O) groups is 1. The number of aromatic nitrogens is 2. The number of fused-ring (bicyclic) bond motifs is 1. The molecule has 1 unspecified atom stereocenters. The molecule has 3 aromatic carbocycles. The first-order valence-corrected chi connectivity index (χ1v) is 12.5. The van der Waals surface area contributed by atoms with E-state index in [4.69, 9.17) is 16.3 Å². The molecule has 6 heteroatoms. The summed E-state index contributed by atoms with van der Waals surface area (Å²) in [6.07, 6.45) is 3.37. The maximum Gasteiger partial charge on any atom is 0.273 e. The van der Waals surface area contributed by atoms with Gasteiger partial charge in [-0.05, 0) is 41.8 Å². The maximum atomic E-state index is 13.6. The Kier molecular flexibility index (Phi) is 6.87. The molecule has 0 saturated heterocycles. The summed E-state index contributed by atoms with van der Waals surface area (Å²) in [5, 5.41) is 8.25. The minimum absolute atomic E-state index is 0.0606. The zero-order valence-corrected chi connectivity index (χ0v) is 20.5. The van der Waals surface area contributed by atoms with E-state index in [-0.39, 0.29) is 11.9 Å². The molecule has 0 aliphatic carbocycles. The van der Waals surface area contributed by atoms with Crippen molar-refractivity contribution in [2.45, 2.75) is 38.8 Å². The Morgan fingerprint density at radius 1 is 0.971 bits per heavy atom. The molecule has 35 heavy (non-hydrogen) atoms. The predicted molar refractivity (Wildman–Crippen MR) is 139 cm³/mol. The quantitative estimate of drug-likeness (QED) is 0.258. The molecule has 4 aromatic rings. The van der Waals surface area contributed by atoms with Crippen molar-refractivity contribution >= 4 is 17.5 Å². The number of hydrogen-bond acceptors (Lipinski definition) is 3. The number of unbranched alkanes of at least 4 members (excludes halogenated alkanes) is 2. The van der Waals surface area contributed by atoms with Crippen LogP contribution in [0.2, 0.25) is 5.02 Å². The number of H-pyrrole nitrogens is 1. The molecule has 1 aliphatic heterocycles. The van der Waals surface area contributed by atoms with Crippen LogP contribution in [0.5, 0.6) is 5.75 Å². The fourth-order valence-electron chi connectivity index (χ4n) is 4.60. The molecule has 0 fully saturated rings. The van der Waals surface area contributed by atoms with Gasteiger partial charge in [-0.25, -0.2) is 0 Å². The molecular formula is C29H28ClN3O2. The van der Waals surface area contributed by atoms with Crippen LogP contribution in [0, 0.1) is 0 Å². The van der Waals surface area contributed by atoms with Crippen molar-refractivity contribution < 1.29 is 9.53 Å². The number of hydrogen-bond donors (Lipinski definition) is 1. The molecule has 1 aliphatic rings. The fourth-order valence-corrected chi connectivity index (χ4v) is 4.72.